The van der Waals surface area contributed by atoms with Gasteiger partial charge in [0.1, 0.15) is 17.3 Å². The van der Waals surface area contributed by atoms with Crippen molar-refractivity contribution in [3.8, 4) is 11.5 Å². The second-order valence-electron chi connectivity index (χ2n) is 8.41. The monoisotopic (exact) mass is 513 g/mol. The molecule has 0 aliphatic rings. The van der Waals surface area contributed by atoms with Gasteiger partial charge < -0.3 is 9.47 Å². The molecule has 0 atom stereocenters. The van der Waals surface area contributed by atoms with Gasteiger partial charge in [-0.2, -0.15) is 0 Å². The molecule has 4 aromatic carbocycles. The van der Waals surface area contributed by atoms with E-state index in [1.165, 1.54) is 23.5 Å². The van der Waals surface area contributed by atoms with Crippen LogP contribution in [0.15, 0.2) is 89.1 Å². The zero-order valence-electron chi connectivity index (χ0n) is 20.2. The Balaban J connectivity index is 1.33. The topological polar surface area (TPSA) is 73.1 Å². The number of nitrogens with zero attached hydrogens (tertiary/aromatic N) is 3. The maximum absolute atomic E-state index is 13.5. The van der Waals surface area contributed by atoms with Crippen LogP contribution < -0.4 is 9.47 Å². The fourth-order valence-electron chi connectivity index (χ4n) is 3.85. The van der Waals surface area contributed by atoms with Crippen molar-refractivity contribution in [1.29, 1.82) is 0 Å². The van der Waals surface area contributed by atoms with Crippen LogP contribution in [-0.4, -0.2) is 17.6 Å². The SMILES string of the molecule is CCCCCOc1ccc(C(=O)Oc2ccc(N=Nc3nc4ccc(F)cc4s3)c3ccccc23)cc1. The van der Waals surface area contributed by atoms with E-state index in [9.17, 15) is 9.18 Å². The van der Waals surface area contributed by atoms with Crippen molar-refractivity contribution in [2.75, 3.05) is 6.61 Å². The Labute approximate surface area is 217 Å². The van der Waals surface area contributed by atoms with Crippen molar-refractivity contribution < 1.29 is 18.7 Å². The molecule has 186 valence electrons. The summed E-state index contributed by atoms with van der Waals surface area (Å²) in [6.07, 6.45) is 3.27. The van der Waals surface area contributed by atoms with E-state index in [-0.39, 0.29) is 5.82 Å². The van der Waals surface area contributed by atoms with E-state index in [0.29, 0.717) is 39.0 Å². The third-order valence-corrected chi connectivity index (χ3v) is 6.66. The highest BCUT2D eigenvalue weighted by atomic mass is 32.1. The molecule has 0 fully saturated rings. The number of benzene rings is 4. The fraction of sp³-hybridized carbons (Fsp3) is 0.172. The number of ether oxygens (including phenoxy) is 2. The molecule has 8 heteroatoms. The number of aromatic nitrogens is 1. The molecule has 0 saturated heterocycles. The molecule has 0 radical (unpaired) electrons. The van der Waals surface area contributed by atoms with Crippen molar-refractivity contribution in [2.45, 2.75) is 26.2 Å². The Morgan fingerprint density at radius 3 is 2.57 bits per heavy atom. The van der Waals surface area contributed by atoms with Crippen LogP contribution >= 0.6 is 11.3 Å². The smallest absolute Gasteiger partial charge is 0.343 e. The highest BCUT2D eigenvalue weighted by Gasteiger charge is 2.13. The lowest BCUT2D eigenvalue weighted by Crippen LogP contribution is -2.08. The van der Waals surface area contributed by atoms with Gasteiger partial charge in [0.25, 0.3) is 0 Å². The number of thiazole rings is 1. The summed E-state index contributed by atoms with van der Waals surface area (Å²) >= 11 is 1.26. The number of fused-ring (bicyclic) bond motifs is 2. The molecule has 37 heavy (non-hydrogen) atoms. The number of azo groups is 1. The molecule has 1 aromatic heterocycles. The third-order valence-electron chi connectivity index (χ3n) is 5.75. The van der Waals surface area contributed by atoms with Gasteiger partial charge in [-0.25, -0.2) is 14.2 Å². The minimum atomic E-state index is -0.459. The van der Waals surface area contributed by atoms with Gasteiger partial charge in [0, 0.05) is 10.8 Å². The van der Waals surface area contributed by atoms with Crippen LogP contribution in [0.4, 0.5) is 15.2 Å². The fourth-order valence-corrected chi connectivity index (χ4v) is 4.66. The Kier molecular flexibility index (Phi) is 7.46. The quantitative estimate of drug-likeness (QED) is 0.0854. The summed E-state index contributed by atoms with van der Waals surface area (Å²) in [7, 11) is 0. The van der Waals surface area contributed by atoms with Crippen molar-refractivity contribution in [3.05, 3.63) is 90.2 Å². The first-order valence-electron chi connectivity index (χ1n) is 12.1. The second-order valence-corrected chi connectivity index (χ2v) is 9.42. The first-order valence-corrected chi connectivity index (χ1v) is 12.9. The standard InChI is InChI=1S/C29H24FN3O3S/c1-2-3-6-17-35-21-12-9-19(10-13-21)28(34)36-26-16-15-24(22-7-4-5-8-23(22)26)32-33-29-31-25-14-11-20(30)18-27(25)37-29/h4-5,7-16,18H,2-3,6,17H2,1H3. The molecule has 1 heterocycles. The van der Waals surface area contributed by atoms with Crippen molar-refractivity contribution in [1.82, 2.24) is 4.98 Å². The number of rotatable bonds is 9. The van der Waals surface area contributed by atoms with Crippen LogP contribution in [0.25, 0.3) is 21.0 Å². The minimum Gasteiger partial charge on any atom is -0.494 e. The van der Waals surface area contributed by atoms with Crippen LogP contribution in [0.2, 0.25) is 0 Å². The van der Waals surface area contributed by atoms with Crippen LogP contribution in [0, 0.1) is 5.82 Å². The van der Waals surface area contributed by atoms with Crippen molar-refractivity contribution in [3.63, 3.8) is 0 Å². The number of esters is 1. The predicted molar refractivity (Wildman–Crippen MR) is 144 cm³/mol. The normalized spacial score (nSPS) is 11.4. The minimum absolute atomic E-state index is 0.317. The molecule has 5 aromatic rings. The number of hydrogen-bond donors (Lipinski definition) is 0. The Morgan fingerprint density at radius 1 is 0.946 bits per heavy atom. The van der Waals surface area contributed by atoms with Crippen LogP contribution in [0.3, 0.4) is 0 Å². The molecule has 0 amide bonds. The van der Waals surface area contributed by atoms with E-state index in [1.54, 1.807) is 42.5 Å². The zero-order chi connectivity index (χ0) is 25.6. The maximum Gasteiger partial charge on any atom is 0.343 e. The average molecular weight is 514 g/mol. The second kappa shape index (κ2) is 11.3. The molecular weight excluding hydrogens is 489 g/mol. The lowest BCUT2D eigenvalue weighted by atomic mass is 10.1. The first kappa shape index (κ1) is 24.5. The molecule has 0 N–H and O–H groups in total. The van der Waals surface area contributed by atoms with Gasteiger partial charge in [-0.1, -0.05) is 55.4 Å². The van der Waals surface area contributed by atoms with E-state index >= 15 is 0 Å². The molecule has 6 nitrogen and oxygen atoms in total. The van der Waals surface area contributed by atoms with Gasteiger partial charge in [0.05, 0.1) is 28.1 Å². The van der Waals surface area contributed by atoms with Crippen molar-refractivity contribution in [2.24, 2.45) is 10.2 Å². The van der Waals surface area contributed by atoms with Crippen LogP contribution in [0.1, 0.15) is 36.5 Å². The van der Waals surface area contributed by atoms with Gasteiger partial charge in [-0.3, -0.25) is 0 Å². The summed E-state index contributed by atoms with van der Waals surface area (Å²) in [4.78, 5) is 17.2. The largest absolute Gasteiger partial charge is 0.494 e. The number of halogens is 1. The molecule has 0 aliphatic carbocycles. The van der Waals surface area contributed by atoms with Gasteiger partial charge in [0.2, 0.25) is 5.13 Å². The summed E-state index contributed by atoms with van der Waals surface area (Å²) in [6.45, 7) is 2.81. The number of unbranched alkanes of at least 4 members (excludes halogenated alkanes) is 2. The molecule has 0 saturated carbocycles. The summed E-state index contributed by atoms with van der Waals surface area (Å²) in [5.74, 6) is 0.377. The summed E-state index contributed by atoms with van der Waals surface area (Å²) in [5, 5.41) is 10.6. The molecular formula is C29H24FN3O3S. The Morgan fingerprint density at radius 2 is 1.76 bits per heavy atom. The van der Waals surface area contributed by atoms with Gasteiger partial charge in [-0.15, -0.1) is 10.2 Å². The Hall–Kier alpha value is -4.17. The summed E-state index contributed by atoms with van der Waals surface area (Å²) in [6, 6.07) is 22.3. The van der Waals surface area contributed by atoms with E-state index in [4.69, 9.17) is 9.47 Å². The molecule has 0 spiro atoms. The number of carbonyl (C=O) groups is 1. The molecule has 0 bridgehead atoms. The van der Waals surface area contributed by atoms with E-state index in [2.05, 4.69) is 22.1 Å². The first-order chi connectivity index (χ1) is 18.1. The molecule has 0 aliphatic heterocycles. The van der Waals surface area contributed by atoms with Gasteiger partial charge in [0.15, 0.2) is 0 Å². The zero-order valence-corrected chi connectivity index (χ0v) is 21.0. The lowest BCUT2D eigenvalue weighted by molar-refractivity contribution is 0.0737. The average Bonchev–Trinajstić information content (AvgIpc) is 3.33. The summed E-state index contributed by atoms with van der Waals surface area (Å²) < 4.78 is 25.6. The van der Waals surface area contributed by atoms with Crippen LogP contribution in [-0.2, 0) is 0 Å². The number of carbonyl (C=O) groups excluding carboxylic acids is 1. The van der Waals surface area contributed by atoms with Gasteiger partial charge >= 0.3 is 5.97 Å². The highest BCUT2D eigenvalue weighted by Crippen LogP contribution is 2.36. The van der Waals surface area contributed by atoms with E-state index < -0.39 is 5.97 Å². The van der Waals surface area contributed by atoms with E-state index in [1.807, 2.05) is 24.3 Å². The third kappa shape index (κ3) is 5.81. The predicted octanol–water partition coefficient (Wildman–Crippen LogP) is 8.79. The summed E-state index contributed by atoms with van der Waals surface area (Å²) in [5.41, 5.74) is 1.70. The Bertz CT molecular complexity index is 1580. The molecule has 5 rings (SSSR count). The van der Waals surface area contributed by atoms with E-state index in [0.717, 1.165) is 35.8 Å². The highest BCUT2D eigenvalue weighted by molar-refractivity contribution is 7.21. The molecule has 0 unspecified atom stereocenters. The van der Waals surface area contributed by atoms with Crippen molar-refractivity contribution >= 4 is 49.1 Å². The number of hydrogen-bond acceptors (Lipinski definition) is 7. The maximum atomic E-state index is 13.5. The lowest BCUT2D eigenvalue weighted by Gasteiger charge is -2.10. The van der Waals surface area contributed by atoms with Crippen LogP contribution in [0.5, 0.6) is 11.5 Å². The van der Waals surface area contributed by atoms with Gasteiger partial charge in [-0.05, 0) is 61.0 Å².